The Hall–Kier alpha value is 0.130. The third kappa shape index (κ3) is 5.13. The number of rotatable bonds is 2. The van der Waals surface area contributed by atoms with Crippen LogP contribution in [0, 0.1) is 0 Å². The fraction of sp³-hybridized carbons (Fsp3) is 0.700. The summed E-state index contributed by atoms with van der Waals surface area (Å²) >= 11 is 6.31. The lowest BCUT2D eigenvalue weighted by Crippen LogP contribution is -2.45. The summed E-state index contributed by atoms with van der Waals surface area (Å²) < 4.78 is 6.22. The van der Waals surface area contributed by atoms with Crippen molar-refractivity contribution in [1.29, 1.82) is 0 Å². The highest BCUT2D eigenvalue weighted by atomic mass is 79.9. The van der Waals surface area contributed by atoms with Crippen LogP contribution in [0.3, 0.4) is 0 Å². The summed E-state index contributed by atoms with van der Waals surface area (Å²) in [6, 6.07) is 0.205. The minimum absolute atomic E-state index is 0.0820. The summed E-state index contributed by atoms with van der Waals surface area (Å²) in [5.41, 5.74) is -0.133. The minimum Gasteiger partial charge on any atom is -0.375 e. The van der Waals surface area contributed by atoms with Crippen LogP contribution < -0.4 is 5.32 Å². The molecule has 0 aromatic carbocycles. The Morgan fingerprint density at radius 1 is 1.53 bits per heavy atom. The molecule has 1 atom stereocenters. The average molecular weight is 341 g/mol. The molecule has 1 N–H and O–H groups in total. The molecule has 1 aliphatic heterocycles. The number of halogens is 2. The van der Waals surface area contributed by atoms with Crippen LogP contribution in [0.15, 0.2) is 9.47 Å². The minimum atomic E-state index is -0.133. The van der Waals surface area contributed by atoms with Crippen molar-refractivity contribution in [3.05, 3.63) is 9.47 Å². The lowest BCUT2D eigenvalue weighted by Gasteiger charge is -2.35. The summed E-state index contributed by atoms with van der Waals surface area (Å²) in [7, 11) is 0. The maximum Gasteiger partial charge on any atom is 0.245 e. The molecule has 0 aliphatic carbocycles. The van der Waals surface area contributed by atoms with E-state index in [1.165, 1.54) is 6.08 Å². The molecule has 1 saturated heterocycles. The maximum atomic E-state index is 11.4. The van der Waals surface area contributed by atoms with Crippen LogP contribution in [-0.4, -0.2) is 24.2 Å². The summed E-state index contributed by atoms with van der Waals surface area (Å²) in [5, 5.41) is 2.95. The summed E-state index contributed by atoms with van der Waals surface area (Å²) in [5.74, 6) is -0.0820. The van der Waals surface area contributed by atoms with Gasteiger partial charge in [0.25, 0.3) is 0 Å². The number of amides is 1. The monoisotopic (exact) mass is 339 g/mol. The first-order valence-electron chi connectivity index (χ1n) is 4.86. The number of hydrogen-bond donors (Lipinski definition) is 1. The Kier molecular flexibility index (Phi) is 4.80. The first-order chi connectivity index (χ1) is 6.89. The van der Waals surface area contributed by atoms with Crippen LogP contribution >= 0.6 is 31.9 Å². The normalized spacial score (nSPS) is 24.4. The first-order valence-corrected chi connectivity index (χ1v) is 6.45. The van der Waals surface area contributed by atoms with Crippen molar-refractivity contribution in [1.82, 2.24) is 5.32 Å². The van der Waals surface area contributed by atoms with Crippen molar-refractivity contribution < 1.29 is 9.53 Å². The maximum absolute atomic E-state index is 11.4. The van der Waals surface area contributed by atoms with Crippen LogP contribution in [0.4, 0.5) is 0 Å². The van der Waals surface area contributed by atoms with Crippen molar-refractivity contribution in [2.75, 3.05) is 6.61 Å². The molecule has 1 amide bonds. The lowest BCUT2D eigenvalue weighted by atomic mass is 9.94. The van der Waals surface area contributed by atoms with E-state index in [9.17, 15) is 4.79 Å². The fourth-order valence-electron chi connectivity index (χ4n) is 1.70. The van der Waals surface area contributed by atoms with Crippen LogP contribution in [0.5, 0.6) is 0 Å². The van der Waals surface area contributed by atoms with E-state index in [1.54, 1.807) is 0 Å². The zero-order valence-electron chi connectivity index (χ0n) is 8.85. The second kappa shape index (κ2) is 5.46. The van der Waals surface area contributed by atoms with Crippen LogP contribution in [0.1, 0.15) is 26.7 Å². The third-order valence-corrected chi connectivity index (χ3v) is 2.74. The highest BCUT2D eigenvalue weighted by Crippen LogP contribution is 2.24. The number of hydrogen-bond acceptors (Lipinski definition) is 2. The number of ether oxygens (including phenoxy) is 1. The number of carbonyl (C=O) groups is 1. The molecule has 0 saturated carbocycles. The quantitative estimate of drug-likeness (QED) is 0.785. The van der Waals surface area contributed by atoms with E-state index in [2.05, 4.69) is 37.2 Å². The molecular formula is C10H15Br2NO2. The van der Waals surface area contributed by atoms with Crippen LogP contribution in [-0.2, 0) is 9.53 Å². The van der Waals surface area contributed by atoms with Crippen LogP contribution in [0.25, 0.3) is 0 Å². The molecule has 1 heterocycles. The number of nitrogens with one attached hydrogen (secondary N) is 1. The molecule has 15 heavy (non-hydrogen) atoms. The highest BCUT2D eigenvalue weighted by Gasteiger charge is 2.29. The SMILES string of the molecule is CC1(C)C[C@H](NC(=O)C=C(Br)Br)CCO1. The van der Waals surface area contributed by atoms with Crippen LogP contribution in [0.2, 0.25) is 0 Å². The Morgan fingerprint density at radius 3 is 2.73 bits per heavy atom. The molecule has 0 bridgehead atoms. The average Bonchev–Trinajstić information content (AvgIpc) is 1.99. The molecular weight excluding hydrogens is 326 g/mol. The van der Waals surface area contributed by atoms with Gasteiger partial charge in [0.2, 0.25) is 5.91 Å². The zero-order valence-corrected chi connectivity index (χ0v) is 12.0. The fourth-order valence-corrected chi connectivity index (χ4v) is 2.11. The number of carbonyl (C=O) groups excluding carboxylic acids is 1. The van der Waals surface area contributed by atoms with Gasteiger partial charge >= 0.3 is 0 Å². The Morgan fingerprint density at radius 2 is 2.20 bits per heavy atom. The molecule has 0 radical (unpaired) electrons. The standard InChI is InChI=1S/C10H15Br2NO2/c1-10(2)6-7(3-4-15-10)13-9(14)5-8(11)12/h5,7H,3-4,6H2,1-2H3,(H,13,14)/t7-/m1/s1. The van der Waals surface area contributed by atoms with Crippen molar-refractivity contribution >= 4 is 37.8 Å². The van der Waals surface area contributed by atoms with Crippen molar-refractivity contribution in [3.8, 4) is 0 Å². The molecule has 0 spiro atoms. The molecule has 3 nitrogen and oxygen atoms in total. The summed E-state index contributed by atoms with van der Waals surface area (Å²) in [4.78, 5) is 11.4. The van der Waals surface area contributed by atoms with E-state index in [0.717, 1.165) is 12.8 Å². The molecule has 1 aliphatic rings. The molecule has 5 heteroatoms. The largest absolute Gasteiger partial charge is 0.375 e. The summed E-state index contributed by atoms with van der Waals surface area (Å²) in [6.07, 6.45) is 3.21. The van der Waals surface area contributed by atoms with Gasteiger partial charge in [0.1, 0.15) is 0 Å². The van der Waals surface area contributed by atoms with E-state index in [1.807, 2.05) is 13.8 Å². The predicted molar refractivity (Wildman–Crippen MR) is 67.1 cm³/mol. The predicted octanol–water partition coefficient (Wildman–Crippen LogP) is 2.69. The molecule has 0 aromatic heterocycles. The second-order valence-corrected chi connectivity index (χ2v) is 7.01. The third-order valence-electron chi connectivity index (χ3n) is 2.28. The van der Waals surface area contributed by atoms with Gasteiger partial charge in [-0.05, 0) is 58.5 Å². The Labute approximate surface area is 107 Å². The van der Waals surface area contributed by atoms with Gasteiger partial charge in [-0.15, -0.1) is 0 Å². The van der Waals surface area contributed by atoms with Gasteiger partial charge in [-0.3, -0.25) is 4.79 Å². The van der Waals surface area contributed by atoms with Gasteiger partial charge in [0.15, 0.2) is 0 Å². The van der Waals surface area contributed by atoms with Gasteiger partial charge in [-0.25, -0.2) is 0 Å². The van der Waals surface area contributed by atoms with Gasteiger partial charge in [0, 0.05) is 18.7 Å². The van der Waals surface area contributed by atoms with Gasteiger partial charge in [-0.2, -0.15) is 0 Å². The van der Waals surface area contributed by atoms with Gasteiger partial charge in [0.05, 0.1) is 8.99 Å². The molecule has 0 unspecified atom stereocenters. The molecule has 1 fully saturated rings. The highest BCUT2D eigenvalue weighted by molar-refractivity contribution is 9.28. The second-order valence-electron chi connectivity index (χ2n) is 4.24. The van der Waals surface area contributed by atoms with E-state index in [0.29, 0.717) is 10.00 Å². The van der Waals surface area contributed by atoms with Crippen molar-refractivity contribution in [2.24, 2.45) is 0 Å². The summed E-state index contributed by atoms with van der Waals surface area (Å²) in [6.45, 7) is 4.79. The van der Waals surface area contributed by atoms with Crippen molar-refractivity contribution in [3.63, 3.8) is 0 Å². The van der Waals surface area contributed by atoms with Crippen molar-refractivity contribution in [2.45, 2.75) is 38.3 Å². The van der Waals surface area contributed by atoms with E-state index < -0.39 is 0 Å². The first kappa shape index (κ1) is 13.2. The Bertz CT molecular complexity index is 273. The van der Waals surface area contributed by atoms with E-state index in [-0.39, 0.29) is 17.6 Å². The smallest absolute Gasteiger partial charge is 0.245 e. The van der Waals surface area contributed by atoms with E-state index >= 15 is 0 Å². The zero-order chi connectivity index (χ0) is 11.5. The van der Waals surface area contributed by atoms with Gasteiger partial charge in [-0.1, -0.05) is 0 Å². The molecule has 86 valence electrons. The molecule has 1 rings (SSSR count). The topological polar surface area (TPSA) is 38.3 Å². The Balaban J connectivity index is 2.45. The lowest BCUT2D eigenvalue weighted by molar-refractivity contribution is -0.119. The van der Waals surface area contributed by atoms with E-state index in [4.69, 9.17) is 4.74 Å². The van der Waals surface area contributed by atoms with Gasteiger partial charge < -0.3 is 10.1 Å². The molecule has 0 aromatic rings.